The molecule has 0 saturated heterocycles. The van der Waals surface area contributed by atoms with Gasteiger partial charge < -0.3 is 30.0 Å². The first-order valence-electron chi connectivity index (χ1n) is 7.77. The molecule has 0 aliphatic rings. The van der Waals surface area contributed by atoms with Gasteiger partial charge in [-0.15, -0.1) is 0 Å². The van der Waals surface area contributed by atoms with Crippen LogP contribution in [0.5, 0.6) is 5.75 Å². The molecule has 1 atom stereocenters. The summed E-state index contributed by atoms with van der Waals surface area (Å²) in [5.41, 5.74) is 0.315. The Kier molecular flexibility index (Phi) is 7.66. The number of ether oxygens (including phenoxy) is 3. The molecule has 0 aliphatic heterocycles. The summed E-state index contributed by atoms with van der Waals surface area (Å²) in [7, 11) is 2.92. The van der Waals surface area contributed by atoms with Gasteiger partial charge in [0, 0.05) is 18.4 Å². The van der Waals surface area contributed by atoms with Crippen LogP contribution in [0.25, 0.3) is 0 Å². The van der Waals surface area contributed by atoms with E-state index >= 15 is 0 Å². The van der Waals surface area contributed by atoms with Crippen LogP contribution in [0, 0.1) is 0 Å². The number of alkyl carbamates (subject to hydrolysis) is 1. The number of anilines is 1. The monoisotopic (exact) mass is 354 g/mol. The van der Waals surface area contributed by atoms with Crippen molar-refractivity contribution in [1.29, 1.82) is 0 Å². The molecule has 0 spiro atoms. The molecule has 2 amide bonds. The van der Waals surface area contributed by atoms with Crippen molar-refractivity contribution in [2.75, 3.05) is 26.1 Å². The van der Waals surface area contributed by atoms with Gasteiger partial charge in [-0.1, -0.05) is 0 Å². The number of hydrogen-bond acceptors (Lipinski definition) is 6. The highest BCUT2D eigenvalue weighted by molar-refractivity contribution is 5.96. The standard InChI is InChI=1S/C17H26N2O6/c1-17(2,3)25-16(22)19-13(10-23-4)15(21)18-12-6-7-14(24-5)11(8-12)9-20/h6-8,13,20H,9-10H2,1-5H3,(H,18,21)(H,19,22)/t13-/m0/s1. The van der Waals surface area contributed by atoms with Crippen molar-refractivity contribution in [1.82, 2.24) is 5.32 Å². The fourth-order valence-electron chi connectivity index (χ4n) is 2.01. The average molecular weight is 354 g/mol. The van der Waals surface area contributed by atoms with E-state index in [2.05, 4.69) is 10.6 Å². The van der Waals surface area contributed by atoms with Crippen molar-refractivity contribution in [3.8, 4) is 5.75 Å². The maximum atomic E-state index is 12.4. The maximum Gasteiger partial charge on any atom is 0.408 e. The first-order valence-corrected chi connectivity index (χ1v) is 7.77. The molecule has 3 N–H and O–H groups in total. The molecule has 25 heavy (non-hydrogen) atoms. The van der Waals surface area contributed by atoms with Crippen molar-refractivity contribution in [2.24, 2.45) is 0 Å². The Bertz CT molecular complexity index is 597. The van der Waals surface area contributed by atoms with E-state index in [1.165, 1.54) is 14.2 Å². The van der Waals surface area contributed by atoms with E-state index in [0.717, 1.165) is 0 Å². The number of aliphatic hydroxyl groups is 1. The zero-order valence-electron chi connectivity index (χ0n) is 15.2. The van der Waals surface area contributed by atoms with Gasteiger partial charge in [-0.3, -0.25) is 4.79 Å². The minimum atomic E-state index is -0.931. The summed E-state index contributed by atoms with van der Waals surface area (Å²) in [6.45, 7) is 4.93. The van der Waals surface area contributed by atoms with Crippen LogP contribution < -0.4 is 15.4 Å². The van der Waals surface area contributed by atoms with E-state index in [-0.39, 0.29) is 13.2 Å². The normalized spacial score (nSPS) is 12.2. The van der Waals surface area contributed by atoms with Crippen molar-refractivity contribution in [3.05, 3.63) is 23.8 Å². The number of aliphatic hydroxyl groups excluding tert-OH is 1. The van der Waals surface area contributed by atoms with Crippen LogP contribution in [0.2, 0.25) is 0 Å². The molecular formula is C17H26N2O6. The number of benzene rings is 1. The molecule has 1 aromatic rings. The highest BCUT2D eigenvalue weighted by atomic mass is 16.6. The van der Waals surface area contributed by atoms with Crippen molar-refractivity contribution in [2.45, 2.75) is 39.0 Å². The number of nitrogens with one attached hydrogen (secondary N) is 2. The molecule has 8 heteroatoms. The summed E-state index contributed by atoms with van der Waals surface area (Å²) >= 11 is 0. The Morgan fingerprint density at radius 3 is 2.44 bits per heavy atom. The second kappa shape index (κ2) is 9.24. The number of amides is 2. The lowest BCUT2D eigenvalue weighted by Crippen LogP contribution is -2.48. The highest BCUT2D eigenvalue weighted by Gasteiger charge is 2.24. The second-order valence-corrected chi connectivity index (χ2v) is 6.33. The average Bonchev–Trinajstić information content (AvgIpc) is 2.52. The molecule has 140 valence electrons. The number of rotatable bonds is 7. The second-order valence-electron chi connectivity index (χ2n) is 6.33. The van der Waals surface area contributed by atoms with Gasteiger partial charge in [-0.05, 0) is 39.0 Å². The van der Waals surface area contributed by atoms with Crippen molar-refractivity contribution < 1.29 is 28.9 Å². The third kappa shape index (κ3) is 6.98. The summed E-state index contributed by atoms with van der Waals surface area (Å²) in [6.07, 6.45) is -0.713. The first kappa shape index (κ1) is 20.7. The van der Waals surface area contributed by atoms with Gasteiger partial charge in [0.2, 0.25) is 5.91 Å². The highest BCUT2D eigenvalue weighted by Crippen LogP contribution is 2.22. The molecule has 1 rings (SSSR count). The lowest BCUT2D eigenvalue weighted by atomic mass is 10.1. The third-order valence-electron chi connectivity index (χ3n) is 3.06. The van der Waals surface area contributed by atoms with Gasteiger partial charge in [0.05, 0.1) is 20.3 Å². The van der Waals surface area contributed by atoms with Crippen molar-refractivity contribution in [3.63, 3.8) is 0 Å². The number of hydrogen-bond donors (Lipinski definition) is 3. The zero-order valence-corrected chi connectivity index (χ0v) is 15.2. The predicted octanol–water partition coefficient (Wildman–Crippen LogP) is 1.67. The van der Waals surface area contributed by atoms with Crippen LogP contribution in [-0.2, 0) is 20.9 Å². The molecule has 0 radical (unpaired) electrons. The van der Waals surface area contributed by atoms with E-state index < -0.39 is 23.6 Å². The summed E-state index contributed by atoms with van der Waals surface area (Å²) in [4.78, 5) is 24.3. The van der Waals surface area contributed by atoms with Gasteiger partial charge in [0.15, 0.2) is 0 Å². The van der Waals surface area contributed by atoms with Gasteiger partial charge in [0.25, 0.3) is 0 Å². The molecular weight excluding hydrogens is 328 g/mol. The van der Waals surface area contributed by atoms with E-state index in [0.29, 0.717) is 17.0 Å². The third-order valence-corrected chi connectivity index (χ3v) is 3.06. The molecule has 0 fully saturated rings. The molecule has 0 saturated carbocycles. The van der Waals surface area contributed by atoms with Crippen LogP contribution in [-0.4, -0.2) is 49.6 Å². The molecule has 0 aromatic heterocycles. The van der Waals surface area contributed by atoms with Gasteiger partial charge in [-0.2, -0.15) is 0 Å². The van der Waals surface area contributed by atoms with Crippen LogP contribution >= 0.6 is 0 Å². The fraction of sp³-hybridized carbons (Fsp3) is 0.529. The molecule has 1 aromatic carbocycles. The molecule has 0 bridgehead atoms. The van der Waals surface area contributed by atoms with E-state index in [9.17, 15) is 14.7 Å². The van der Waals surface area contributed by atoms with Gasteiger partial charge in [-0.25, -0.2) is 4.79 Å². The predicted molar refractivity (Wildman–Crippen MR) is 92.6 cm³/mol. The SMILES string of the molecule is COC[C@H](NC(=O)OC(C)(C)C)C(=O)Nc1ccc(OC)c(CO)c1. The lowest BCUT2D eigenvalue weighted by Gasteiger charge is -2.23. The quantitative estimate of drug-likeness (QED) is 0.688. The zero-order chi connectivity index (χ0) is 19.0. The summed E-state index contributed by atoms with van der Waals surface area (Å²) < 4.78 is 15.2. The minimum absolute atomic E-state index is 0.0198. The molecule has 0 heterocycles. The van der Waals surface area contributed by atoms with E-state index in [1.807, 2.05) is 0 Å². The molecule has 8 nitrogen and oxygen atoms in total. The molecule has 0 aliphatic carbocycles. The van der Waals surface area contributed by atoms with Crippen molar-refractivity contribution >= 4 is 17.7 Å². The number of carbonyl (C=O) groups excluding carboxylic acids is 2. The first-order chi connectivity index (χ1) is 11.7. The minimum Gasteiger partial charge on any atom is -0.496 e. The Morgan fingerprint density at radius 2 is 1.92 bits per heavy atom. The van der Waals surface area contributed by atoms with Crippen LogP contribution in [0.15, 0.2) is 18.2 Å². The van der Waals surface area contributed by atoms with Crippen LogP contribution in [0.1, 0.15) is 26.3 Å². The van der Waals surface area contributed by atoms with E-state index in [1.54, 1.807) is 39.0 Å². The molecule has 0 unspecified atom stereocenters. The Labute approximate surface area is 147 Å². The Morgan fingerprint density at radius 1 is 1.24 bits per heavy atom. The van der Waals surface area contributed by atoms with Crippen LogP contribution in [0.3, 0.4) is 0 Å². The number of carbonyl (C=O) groups is 2. The van der Waals surface area contributed by atoms with Crippen LogP contribution in [0.4, 0.5) is 10.5 Å². The Balaban J connectivity index is 2.81. The van der Waals surface area contributed by atoms with E-state index in [4.69, 9.17) is 14.2 Å². The Hall–Kier alpha value is -2.32. The number of methoxy groups -OCH3 is 2. The smallest absolute Gasteiger partial charge is 0.408 e. The van der Waals surface area contributed by atoms with Gasteiger partial charge in [0.1, 0.15) is 17.4 Å². The fourth-order valence-corrected chi connectivity index (χ4v) is 2.01. The van der Waals surface area contributed by atoms with Gasteiger partial charge >= 0.3 is 6.09 Å². The topological polar surface area (TPSA) is 106 Å². The maximum absolute atomic E-state index is 12.4. The summed E-state index contributed by atoms with van der Waals surface area (Å²) in [5, 5.41) is 14.5. The summed E-state index contributed by atoms with van der Waals surface area (Å²) in [6, 6.07) is 3.93. The largest absolute Gasteiger partial charge is 0.496 e. The lowest BCUT2D eigenvalue weighted by molar-refractivity contribution is -0.119. The summed E-state index contributed by atoms with van der Waals surface area (Å²) in [5.74, 6) is 0.0441.